The molecule has 1 nitrogen and oxygen atoms in total. The van der Waals surface area contributed by atoms with Gasteiger partial charge in [0.15, 0.2) is 0 Å². The molecule has 1 N–H and O–H groups in total. The fourth-order valence-electron chi connectivity index (χ4n) is 1.79. The average molecular weight is 332 g/mol. The molecule has 1 atom stereocenters. The molecule has 0 aliphatic carbocycles. The predicted octanol–water partition coefficient (Wildman–Crippen LogP) is 4.69. The highest BCUT2D eigenvalue weighted by Gasteiger charge is 2.06. The van der Waals surface area contributed by atoms with Crippen LogP contribution >= 0.6 is 22.6 Å². The topological polar surface area (TPSA) is 20.2 Å². The highest BCUT2D eigenvalue weighted by atomic mass is 127. The summed E-state index contributed by atoms with van der Waals surface area (Å²) in [4.78, 5) is 0. The quantitative estimate of drug-likeness (QED) is 0.567. The maximum absolute atomic E-state index is 9.97. The summed E-state index contributed by atoms with van der Waals surface area (Å²) < 4.78 is 1.22. The standard InChI is InChI=1S/C14H21IO/c1-2-3-4-5-6-7-14(16)12-8-10-13(15)11-9-12/h8-11,14,16H,2-7H2,1H3/t14-/m0/s1. The van der Waals surface area contributed by atoms with Gasteiger partial charge in [-0.05, 0) is 46.7 Å². The fraction of sp³-hybridized carbons (Fsp3) is 0.571. The Kier molecular flexibility index (Phi) is 7.05. The molecule has 0 saturated heterocycles. The lowest BCUT2D eigenvalue weighted by molar-refractivity contribution is 0.163. The molecule has 0 aromatic heterocycles. The zero-order valence-corrected chi connectivity index (χ0v) is 12.1. The molecule has 0 unspecified atom stereocenters. The zero-order chi connectivity index (χ0) is 11.8. The first-order valence-corrected chi connectivity index (χ1v) is 7.25. The first-order valence-electron chi connectivity index (χ1n) is 6.17. The van der Waals surface area contributed by atoms with Gasteiger partial charge in [-0.25, -0.2) is 0 Å². The van der Waals surface area contributed by atoms with Crippen LogP contribution in [0.5, 0.6) is 0 Å². The van der Waals surface area contributed by atoms with E-state index in [9.17, 15) is 5.11 Å². The second-order valence-corrected chi connectivity index (χ2v) is 5.52. The summed E-state index contributed by atoms with van der Waals surface area (Å²) in [6, 6.07) is 8.16. The summed E-state index contributed by atoms with van der Waals surface area (Å²) >= 11 is 2.28. The highest BCUT2D eigenvalue weighted by molar-refractivity contribution is 14.1. The Balaban J connectivity index is 2.24. The summed E-state index contributed by atoms with van der Waals surface area (Å²) in [5.41, 5.74) is 1.05. The van der Waals surface area contributed by atoms with E-state index < -0.39 is 0 Å². The molecule has 0 fully saturated rings. The van der Waals surface area contributed by atoms with E-state index in [1.807, 2.05) is 12.1 Å². The fourth-order valence-corrected chi connectivity index (χ4v) is 2.15. The maximum Gasteiger partial charge on any atom is 0.0790 e. The smallest absolute Gasteiger partial charge is 0.0790 e. The molecule has 1 rings (SSSR count). The summed E-state index contributed by atoms with van der Waals surface area (Å²) in [5, 5.41) is 9.97. The molecule has 0 heterocycles. The van der Waals surface area contributed by atoms with Gasteiger partial charge < -0.3 is 5.11 Å². The van der Waals surface area contributed by atoms with Crippen LogP contribution in [0.4, 0.5) is 0 Å². The van der Waals surface area contributed by atoms with Gasteiger partial charge in [-0.1, -0.05) is 51.2 Å². The lowest BCUT2D eigenvalue weighted by atomic mass is 10.0. The maximum atomic E-state index is 9.97. The van der Waals surface area contributed by atoms with Crippen molar-refractivity contribution in [3.8, 4) is 0 Å². The molecular formula is C14H21IO. The Morgan fingerprint density at radius 3 is 2.31 bits per heavy atom. The van der Waals surface area contributed by atoms with Crippen molar-refractivity contribution in [1.29, 1.82) is 0 Å². The molecule has 0 aliphatic rings. The number of aliphatic hydroxyl groups is 1. The summed E-state index contributed by atoms with van der Waals surface area (Å²) in [6.07, 6.45) is 6.89. The molecular weight excluding hydrogens is 311 g/mol. The Bertz CT molecular complexity index is 281. The van der Waals surface area contributed by atoms with Crippen molar-refractivity contribution in [2.45, 2.75) is 51.6 Å². The van der Waals surface area contributed by atoms with Gasteiger partial charge in [0, 0.05) is 3.57 Å². The van der Waals surface area contributed by atoms with E-state index in [0.717, 1.165) is 18.4 Å². The van der Waals surface area contributed by atoms with E-state index in [1.165, 1.54) is 29.3 Å². The van der Waals surface area contributed by atoms with Crippen LogP contribution in [-0.4, -0.2) is 5.11 Å². The third kappa shape index (κ3) is 5.30. The van der Waals surface area contributed by atoms with Crippen LogP contribution < -0.4 is 0 Å². The Hall–Kier alpha value is -0.0900. The van der Waals surface area contributed by atoms with E-state index in [0.29, 0.717) is 0 Å². The second kappa shape index (κ2) is 8.07. The Morgan fingerprint density at radius 1 is 1.06 bits per heavy atom. The van der Waals surface area contributed by atoms with E-state index >= 15 is 0 Å². The molecule has 0 aliphatic heterocycles. The van der Waals surface area contributed by atoms with Gasteiger partial charge in [-0.2, -0.15) is 0 Å². The summed E-state index contributed by atoms with van der Waals surface area (Å²) in [7, 11) is 0. The van der Waals surface area contributed by atoms with Gasteiger partial charge in [0.2, 0.25) is 0 Å². The van der Waals surface area contributed by atoms with Gasteiger partial charge in [0.1, 0.15) is 0 Å². The van der Waals surface area contributed by atoms with Crippen molar-refractivity contribution >= 4 is 22.6 Å². The molecule has 2 heteroatoms. The first kappa shape index (κ1) is 14.0. The lowest BCUT2D eigenvalue weighted by Crippen LogP contribution is -1.97. The Morgan fingerprint density at radius 2 is 1.69 bits per heavy atom. The van der Waals surface area contributed by atoms with Crippen LogP contribution in [0.2, 0.25) is 0 Å². The van der Waals surface area contributed by atoms with Crippen molar-refractivity contribution in [2.75, 3.05) is 0 Å². The Labute approximate surface area is 112 Å². The molecule has 0 radical (unpaired) electrons. The third-order valence-corrected chi connectivity index (χ3v) is 3.56. The highest BCUT2D eigenvalue weighted by Crippen LogP contribution is 2.20. The minimum Gasteiger partial charge on any atom is -0.388 e. The van der Waals surface area contributed by atoms with Gasteiger partial charge in [0.05, 0.1) is 6.10 Å². The number of hydrogen-bond donors (Lipinski definition) is 1. The minimum absolute atomic E-state index is 0.279. The third-order valence-electron chi connectivity index (χ3n) is 2.84. The van der Waals surface area contributed by atoms with Gasteiger partial charge in [0.25, 0.3) is 0 Å². The van der Waals surface area contributed by atoms with Gasteiger partial charge >= 0.3 is 0 Å². The van der Waals surface area contributed by atoms with E-state index in [2.05, 4.69) is 41.6 Å². The predicted molar refractivity (Wildman–Crippen MR) is 77.5 cm³/mol. The number of hydrogen-bond acceptors (Lipinski definition) is 1. The van der Waals surface area contributed by atoms with Gasteiger partial charge in [-0.15, -0.1) is 0 Å². The van der Waals surface area contributed by atoms with Crippen molar-refractivity contribution in [3.63, 3.8) is 0 Å². The van der Waals surface area contributed by atoms with E-state index in [4.69, 9.17) is 0 Å². The number of aliphatic hydroxyl groups excluding tert-OH is 1. The van der Waals surface area contributed by atoms with Crippen LogP contribution in [0.1, 0.15) is 57.1 Å². The molecule has 0 bridgehead atoms. The zero-order valence-electron chi connectivity index (χ0n) is 9.95. The average Bonchev–Trinajstić information content (AvgIpc) is 2.29. The van der Waals surface area contributed by atoms with Crippen LogP contribution in [0.25, 0.3) is 0 Å². The number of rotatable bonds is 7. The van der Waals surface area contributed by atoms with Crippen molar-refractivity contribution in [3.05, 3.63) is 33.4 Å². The molecule has 1 aromatic rings. The largest absolute Gasteiger partial charge is 0.388 e. The second-order valence-electron chi connectivity index (χ2n) is 4.27. The normalized spacial score (nSPS) is 12.7. The van der Waals surface area contributed by atoms with Crippen LogP contribution in [0, 0.1) is 3.57 Å². The molecule has 16 heavy (non-hydrogen) atoms. The first-order chi connectivity index (χ1) is 7.74. The molecule has 90 valence electrons. The van der Waals surface area contributed by atoms with Crippen LogP contribution in [-0.2, 0) is 0 Å². The molecule has 0 saturated carbocycles. The van der Waals surface area contributed by atoms with Crippen molar-refractivity contribution in [2.24, 2.45) is 0 Å². The molecule has 1 aromatic carbocycles. The van der Waals surface area contributed by atoms with Crippen molar-refractivity contribution in [1.82, 2.24) is 0 Å². The number of benzene rings is 1. The van der Waals surface area contributed by atoms with Crippen molar-refractivity contribution < 1.29 is 5.11 Å². The SMILES string of the molecule is CCCCCCC[C@H](O)c1ccc(I)cc1. The summed E-state index contributed by atoms with van der Waals surface area (Å²) in [6.45, 7) is 2.22. The van der Waals surface area contributed by atoms with Gasteiger partial charge in [-0.3, -0.25) is 0 Å². The number of halogens is 1. The van der Waals surface area contributed by atoms with E-state index in [1.54, 1.807) is 0 Å². The monoisotopic (exact) mass is 332 g/mol. The lowest BCUT2D eigenvalue weighted by Gasteiger charge is -2.10. The molecule has 0 amide bonds. The van der Waals surface area contributed by atoms with E-state index in [-0.39, 0.29) is 6.10 Å². The molecule has 0 spiro atoms. The van der Waals surface area contributed by atoms with Crippen LogP contribution in [0.3, 0.4) is 0 Å². The minimum atomic E-state index is -0.279. The van der Waals surface area contributed by atoms with Crippen LogP contribution in [0.15, 0.2) is 24.3 Å². The summed E-state index contributed by atoms with van der Waals surface area (Å²) in [5.74, 6) is 0. The number of unbranched alkanes of at least 4 members (excludes halogenated alkanes) is 4.